The number of carbonyl (C=O) groups excluding carboxylic acids is 2. The Bertz CT molecular complexity index is 1060. The number of nitrogens with zero attached hydrogens (tertiary/aromatic N) is 1. The Hall–Kier alpha value is -2.70. The van der Waals surface area contributed by atoms with Crippen LogP contribution in [-0.4, -0.2) is 42.7 Å². The molecular formula is C25H30N2O3S. The van der Waals surface area contributed by atoms with Crippen LogP contribution in [0.2, 0.25) is 0 Å². The molecule has 2 N–H and O–H groups in total. The number of allylic oxidation sites excluding steroid dienone is 3. The van der Waals surface area contributed by atoms with Crippen molar-refractivity contribution in [3.8, 4) is 0 Å². The van der Waals surface area contributed by atoms with Gasteiger partial charge in [-0.2, -0.15) is 0 Å². The zero-order chi connectivity index (χ0) is 22.8. The van der Waals surface area contributed by atoms with Crippen molar-refractivity contribution in [1.82, 2.24) is 4.90 Å². The molecule has 0 unspecified atom stereocenters. The molecule has 0 saturated carbocycles. The summed E-state index contributed by atoms with van der Waals surface area (Å²) in [5.74, 6) is 0.706. The number of anilines is 1. The summed E-state index contributed by atoms with van der Waals surface area (Å²) >= 11 is 1.45. The minimum Gasteiger partial charge on any atom is -0.485 e. The van der Waals surface area contributed by atoms with Gasteiger partial charge in [-0.05, 0) is 33.0 Å². The monoisotopic (exact) mass is 438 g/mol. The number of thiophene rings is 1. The third-order valence-corrected chi connectivity index (χ3v) is 7.50. The maximum Gasteiger partial charge on any atom is 0.176 e. The van der Waals surface area contributed by atoms with E-state index in [1.54, 1.807) is 12.2 Å². The first-order valence-electron chi connectivity index (χ1n) is 10.3. The highest BCUT2D eigenvalue weighted by Gasteiger charge is 2.56. The molecule has 4 rings (SSSR count). The molecule has 2 aromatic rings. The molecule has 164 valence electrons. The lowest BCUT2D eigenvalue weighted by Crippen LogP contribution is -2.59. The van der Waals surface area contributed by atoms with Crippen LogP contribution in [0.5, 0.6) is 0 Å². The van der Waals surface area contributed by atoms with E-state index in [0.717, 1.165) is 42.3 Å². The zero-order valence-corrected chi connectivity index (χ0v) is 19.3. The predicted molar refractivity (Wildman–Crippen MR) is 128 cm³/mol. The Morgan fingerprint density at radius 1 is 1.16 bits per heavy atom. The third-order valence-electron chi connectivity index (χ3n) is 6.49. The number of hydrogen-bond donors (Lipinski definition) is 1. The quantitative estimate of drug-likeness (QED) is 0.683. The molecule has 0 bridgehead atoms. The summed E-state index contributed by atoms with van der Waals surface area (Å²) in [7, 11) is 2.10. The minimum absolute atomic E-state index is 0.119. The van der Waals surface area contributed by atoms with Gasteiger partial charge in [-0.1, -0.05) is 37.4 Å². The van der Waals surface area contributed by atoms with Crippen molar-refractivity contribution in [3.63, 3.8) is 0 Å². The number of rotatable bonds is 3. The minimum atomic E-state index is -0.524. The van der Waals surface area contributed by atoms with Crippen LogP contribution in [-0.2, 0) is 9.53 Å². The van der Waals surface area contributed by atoms with Gasteiger partial charge in [0, 0.05) is 36.0 Å². The Morgan fingerprint density at radius 2 is 1.81 bits per heavy atom. The SMILES string of the molecule is C=CC1=C(C=C)C(=O)C(C)(C)C2(CCN(C)CC2)O1.Nc1sc2ccccc2c1C=O. The molecule has 0 amide bonds. The standard InChI is InChI=1S/C16H23NO2.C9H7NOS/c1-6-12-13(7-2)19-16(15(3,4)14(12)18)8-10-17(5)11-9-16;10-9-7(5-11)6-3-1-2-4-8(6)12-9/h6-7H,1-2,8-11H2,3-5H3;1-5H,10H2. The second kappa shape index (κ2) is 8.81. The first kappa shape index (κ1) is 23.0. The molecule has 31 heavy (non-hydrogen) atoms. The van der Waals surface area contributed by atoms with Crippen LogP contribution >= 0.6 is 11.3 Å². The van der Waals surface area contributed by atoms with E-state index in [1.807, 2.05) is 38.1 Å². The van der Waals surface area contributed by atoms with Gasteiger partial charge in [-0.15, -0.1) is 11.3 Å². The second-order valence-corrected chi connectivity index (χ2v) is 9.62. The van der Waals surface area contributed by atoms with Gasteiger partial charge in [0.2, 0.25) is 0 Å². The van der Waals surface area contributed by atoms with Crippen LogP contribution in [0, 0.1) is 5.41 Å². The van der Waals surface area contributed by atoms with Crippen LogP contribution in [0.4, 0.5) is 5.00 Å². The third kappa shape index (κ3) is 3.98. The average Bonchev–Trinajstić information content (AvgIpc) is 3.09. The van der Waals surface area contributed by atoms with E-state index in [9.17, 15) is 9.59 Å². The van der Waals surface area contributed by atoms with E-state index in [2.05, 4.69) is 25.1 Å². The highest BCUT2D eigenvalue weighted by atomic mass is 32.1. The number of benzene rings is 1. The van der Waals surface area contributed by atoms with Gasteiger partial charge >= 0.3 is 0 Å². The number of piperidine rings is 1. The van der Waals surface area contributed by atoms with Gasteiger partial charge < -0.3 is 15.4 Å². The van der Waals surface area contributed by atoms with E-state index in [-0.39, 0.29) is 5.78 Å². The smallest absolute Gasteiger partial charge is 0.176 e. The molecule has 1 saturated heterocycles. The van der Waals surface area contributed by atoms with Crippen molar-refractivity contribution in [2.75, 3.05) is 25.9 Å². The fourth-order valence-electron chi connectivity index (χ4n) is 4.31. The highest BCUT2D eigenvalue weighted by molar-refractivity contribution is 7.23. The van der Waals surface area contributed by atoms with E-state index in [1.165, 1.54) is 11.3 Å². The number of hydrogen-bond acceptors (Lipinski definition) is 6. The Morgan fingerprint density at radius 3 is 2.39 bits per heavy atom. The largest absolute Gasteiger partial charge is 0.485 e. The Kier molecular flexibility index (Phi) is 6.53. The van der Waals surface area contributed by atoms with Crippen molar-refractivity contribution in [2.24, 2.45) is 5.41 Å². The van der Waals surface area contributed by atoms with Gasteiger partial charge in [0.05, 0.1) is 21.6 Å². The first-order chi connectivity index (χ1) is 14.7. The number of nitrogen functional groups attached to an aromatic ring is 1. The highest BCUT2D eigenvalue weighted by Crippen LogP contribution is 2.49. The number of nitrogens with two attached hydrogens (primary N) is 1. The molecule has 0 radical (unpaired) electrons. The summed E-state index contributed by atoms with van der Waals surface area (Å²) in [4.78, 5) is 25.6. The van der Waals surface area contributed by atoms with Gasteiger partial charge in [0.15, 0.2) is 12.1 Å². The Balaban J connectivity index is 0.000000194. The second-order valence-electron chi connectivity index (χ2n) is 8.53. The predicted octanol–water partition coefficient (Wildman–Crippen LogP) is 5.00. The van der Waals surface area contributed by atoms with Gasteiger partial charge in [-0.3, -0.25) is 9.59 Å². The van der Waals surface area contributed by atoms with Crippen molar-refractivity contribution < 1.29 is 14.3 Å². The molecule has 3 heterocycles. The molecule has 1 aromatic heterocycles. The molecule has 1 aromatic carbocycles. The number of aldehydes is 1. The Labute approximate surface area is 187 Å². The number of carbonyl (C=O) groups is 2. The summed E-state index contributed by atoms with van der Waals surface area (Å²) in [6.45, 7) is 13.4. The van der Waals surface area contributed by atoms with E-state index >= 15 is 0 Å². The fraction of sp³-hybridized carbons (Fsp3) is 0.360. The molecule has 0 aliphatic carbocycles. The average molecular weight is 439 g/mol. The lowest BCUT2D eigenvalue weighted by molar-refractivity contribution is -0.159. The lowest BCUT2D eigenvalue weighted by atomic mass is 9.64. The van der Waals surface area contributed by atoms with Crippen LogP contribution in [0.25, 0.3) is 10.1 Å². The molecule has 1 fully saturated rings. The van der Waals surface area contributed by atoms with Crippen LogP contribution < -0.4 is 5.73 Å². The number of Topliss-reactive ketones (excluding diaryl/α,β-unsaturated/α-hetero) is 1. The molecule has 0 atom stereocenters. The number of ether oxygens (including phenoxy) is 1. The van der Waals surface area contributed by atoms with Gasteiger partial charge in [0.25, 0.3) is 0 Å². The zero-order valence-electron chi connectivity index (χ0n) is 18.4. The van der Waals surface area contributed by atoms with Crippen molar-refractivity contribution in [1.29, 1.82) is 0 Å². The molecule has 2 aliphatic heterocycles. The molecule has 1 spiro atoms. The molecule has 6 heteroatoms. The van der Waals surface area contributed by atoms with E-state index < -0.39 is 11.0 Å². The maximum atomic E-state index is 12.7. The number of fused-ring (bicyclic) bond motifs is 1. The first-order valence-corrected chi connectivity index (χ1v) is 11.2. The van der Waals surface area contributed by atoms with Crippen molar-refractivity contribution >= 4 is 38.5 Å². The van der Waals surface area contributed by atoms with Gasteiger partial charge in [-0.25, -0.2) is 0 Å². The molecule has 2 aliphatic rings. The van der Waals surface area contributed by atoms with E-state index in [0.29, 0.717) is 21.9 Å². The topological polar surface area (TPSA) is 72.6 Å². The summed E-state index contributed by atoms with van der Waals surface area (Å²) in [5.41, 5.74) is 5.90. The summed E-state index contributed by atoms with van der Waals surface area (Å²) in [6.07, 6.45) is 5.76. The van der Waals surface area contributed by atoms with Crippen LogP contribution in [0.1, 0.15) is 37.0 Å². The van der Waals surface area contributed by atoms with Gasteiger partial charge in [0.1, 0.15) is 11.4 Å². The summed E-state index contributed by atoms with van der Waals surface area (Å²) in [6, 6.07) is 7.71. The van der Waals surface area contributed by atoms with Crippen molar-refractivity contribution in [2.45, 2.75) is 32.3 Å². The number of ketones is 1. The van der Waals surface area contributed by atoms with Crippen LogP contribution in [0.15, 0.2) is 60.9 Å². The van der Waals surface area contributed by atoms with Crippen LogP contribution in [0.3, 0.4) is 0 Å². The van der Waals surface area contributed by atoms with E-state index in [4.69, 9.17) is 10.5 Å². The lowest BCUT2D eigenvalue weighted by Gasteiger charge is -2.52. The maximum absolute atomic E-state index is 12.7. The molecular weight excluding hydrogens is 408 g/mol. The normalized spacial score (nSPS) is 20.0. The van der Waals surface area contributed by atoms with Crippen molar-refractivity contribution in [3.05, 3.63) is 66.5 Å². The summed E-state index contributed by atoms with van der Waals surface area (Å²) in [5, 5.41) is 1.56. The fourth-order valence-corrected chi connectivity index (χ4v) is 5.25. The molecule has 5 nitrogen and oxygen atoms in total. The number of likely N-dealkylation sites (tertiary alicyclic amines) is 1. The summed E-state index contributed by atoms with van der Waals surface area (Å²) < 4.78 is 7.31.